The second-order valence-electron chi connectivity index (χ2n) is 5.15. The minimum atomic E-state index is -4.69. The van der Waals surface area contributed by atoms with E-state index in [1.807, 2.05) is 0 Å². The van der Waals surface area contributed by atoms with Crippen LogP contribution < -0.4 is 14.2 Å². The van der Waals surface area contributed by atoms with Gasteiger partial charge in [0.05, 0.1) is 24.8 Å². The molecule has 5 nitrogen and oxygen atoms in total. The fourth-order valence-corrected chi connectivity index (χ4v) is 3.69. The Morgan fingerprint density at radius 2 is 1.77 bits per heavy atom. The Kier molecular flexibility index (Phi) is 6.05. The summed E-state index contributed by atoms with van der Waals surface area (Å²) in [5.74, 6) is 0.862. The maximum absolute atomic E-state index is 12.8. The molecule has 0 aliphatic heterocycles. The Hall–Kier alpha value is -1.97. The van der Waals surface area contributed by atoms with E-state index in [0.717, 1.165) is 6.07 Å². The van der Waals surface area contributed by atoms with Crippen molar-refractivity contribution in [1.82, 2.24) is 4.72 Å². The zero-order chi connectivity index (χ0) is 19.5. The van der Waals surface area contributed by atoms with Crippen molar-refractivity contribution in [1.29, 1.82) is 0 Å². The lowest BCUT2D eigenvalue weighted by Crippen LogP contribution is -2.24. The lowest BCUT2D eigenvalue weighted by atomic mass is 10.2. The van der Waals surface area contributed by atoms with Crippen LogP contribution in [-0.2, 0) is 22.7 Å². The minimum Gasteiger partial charge on any atom is -0.497 e. The van der Waals surface area contributed by atoms with Crippen LogP contribution in [0.1, 0.15) is 11.1 Å². The van der Waals surface area contributed by atoms with Gasteiger partial charge in [0.15, 0.2) is 0 Å². The molecule has 0 aromatic heterocycles. The molecule has 2 aromatic rings. The summed E-state index contributed by atoms with van der Waals surface area (Å²) in [7, 11) is -1.45. The standard InChI is InChI=1S/C16H15ClF3NO4S/c1-24-12-4-6-14(25-2)10(7-12)9-21-26(22,23)15-8-11(16(18,19)20)3-5-13(15)17/h3-8,21H,9H2,1-2H3. The Balaban J connectivity index is 2.33. The van der Waals surface area contributed by atoms with E-state index in [4.69, 9.17) is 21.1 Å². The third kappa shape index (κ3) is 4.60. The molecular weight excluding hydrogens is 395 g/mol. The zero-order valence-electron chi connectivity index (χ0n) is 13.7. The number of methoxy groups -OCH3 is 2. The minimum absolute atomic E-state index is 0.227. The van der Waals surface area contributed by atoms with Gasteiger partial charge in [-0.25, -0.2) is 13.1 Å². The average Bonchev–Trinajstić information content (AvgIpc) is 2.58. The lowest BCUT2D eigenvalue weighted by Gasteiger charge is -2.14. The van der Waals surface area contributed by atoms with Crippen molar-refractivity contribution in [3.05, 3.63) is 52.5 Å². The number of hydrogen-bond donors (Lipinski definition) is 1. The van der Waals surface area contributed by atoms with Gasteiger partial charge in [-0.3, -0.25) is 0 Å². The van der Waals surface area contributed by atoms with Crippen molar-refractivity contribution in [3.8, 4) is 11.5 Å². The van der Waals surface area contributed by atoms with Crippen LogP contribution in [0.15, 0.2) is 41.3 Å². The van der Waals surface area contributed by atoms with E-state index >= 15 is 0 Å². The van der Waals surface area contributed by atoms with Crippen LogP contribution in [0.5, 0.6) is 11.5 Å². The molecule has 0 amide bonds. The van der Waals surface area contributed by atoms with Crippen LogP contribution in [0, 0.1) is 0 Å². The number of hydrogen-bond acceptors (Lipinski definition) is 4. The Morgan fingerprint density at radius 1 is 1.08 bits per heavy atom. The molecule has 0 fully saturated rings. The maximum Gasteiger partial charge on any atom is 0.416 e. The van der Waals surface area contributed by atoms with Crippen LogP contribution in [0.4, 0.5) is 13.2 Å². The van der Waals surface area contributed by atoms with Crippen molar-refractivity contribution in [2.75, 3.05) is 14.2 Å². The molecule has 26 heavy (non-hydrogen) atoms. The van der Waals surface area contributed by atoms with Gasteiger partial charge >= 0.3 is 6.18 Å². The van der Waals surface area contributed by atoms with Crippen molar-refractivity contribution in [2.24, 2.45) is 0 Å². The van der Waals surface area contributed by atoms with Crippen LogP contribution in [0.2, 0.25) is 5.02 Å². The van der Waals surface area contributed by atoms with Crippen LogP contribution in [-0.4, -0.2) is 22.6 Å². The van der Waals surface area contributed by atoms with E-state index in [0.29, 0.717) is 29.2 Å². The molecule has 0 unspecified atom stereocenters. The monoisotopic (exact) mass is 409 g/mol. The Labute approximate surface area is 153 Å². The van der Waals surface area contributed by atoms with Crippen molar-refractivity contribution in [2.45, 2.75) is 17.6 Å². The molecule has 0 bridgehead atoms. The van der Waals surface area contributed by atoms with E-state index in [-0.39, 0.29) is 11.6 Å². The molecule has 0 atom stereocenters. The number of ether oxygens (including phenoxy) is 2. The quantitative estimate of drug-likeness (QED) is 0.787. The normalized spacial score (nSPS) is 12.1. The van der Waals surface area contributed by atoms with Crippen molar-refractivity contribution in [3.63, 3.8) is 0 Å². The lowest BCUT2D eigenvalue weighted by molar-refractivity contribution is -0.137. The topological polar surface area (TPSA) is 64.6 Å². The van der Waals surface area contributed by atoms with Gasteiger partial charge in [-0.1, -0.05) is 11.6 Å². The summed E-state index contributed by atoms with van der Waals surface area (Å²) in [5.41, 5.74) is -0.667. The first kappa shape index (κ1) is 20.3. The highest BCUT2D eigenvalue weighted by atomic mass is 35.5. The average molecular weight is 410 g/mol. The second-order valence-corrected chi connectivity index (χ2v) is 7.29. The summed E-state index contributed by atoms with van der Waals surface area (Å²) in [6.45, 7) is -0.227. The largest absolute Gasteiger partial charge is 0.497 e. The van der Waals surface area contributed by atoms with Crippen molar-refractivity contribution >= 4 is 21.6 Å². The molecular formula is C16H15ClF3NO4S. The molecule has 0 aliphatic carbocycles. The Bertz CT molecular complexity index is 901. The first-order valence-electron chi connectivity index (χ1n) is 7.16. The molecule has 0 saturated carbocycles. The van der Waals surface area contributed by atoms with Gasteiger partial charge in [-0.15, -0.1) is 0 Å². The fourth-order valence-electron chi connectivity index (χ4n) is 2.16. The van der Waals surface area contributed by atoms with Gasteiger partial charge < -0.3 is 9.47 Å². The van der Waals surface area contributed by atoms with Gasteiger partial charge in [0.25, 0.3) is 0 Å². The van der Waals surface area contributed by atoms with Gasteiger partial charge in [0, 0.05) is 12.1 Å². The third-order valence-electron chi connectivity index (χ3n) is 3.49. The smallest absolute Gasteiger partial charge is 0.416 e. The number of alkyl halides is 3. The zero-order valence-corrected chi connectivity index (χ0v) is 15.3. The molecule has 10 heteroatoms. The first-order valence-corrected chi connectivity index (χ1v) is 9.02. The molecule has 2 aromatic carbocycles. The molecule has 0 radical (unpaired) electrons. The highest BCUT2D eigenvalue weighted by molar-refractivity contribution is 7.89. The molecule has 2 rings (SSSR count). The summed E-state index contributed by atoms with van der Waals surface area (Å²) < 4.78 is 75.8. The highest BCUT2D eigenvalue weighted by Gasteiger charge is 2.32. The van der Waals surface area contributed by atoms with Crippen LogP contribution in [0.25, 0.3) is 0 Å². The van der Waals surface area contributed by atoms with Crippen LogP contribution in [0.3, 0.4) is 0 Å². The predicted octanol–water partition coefficient (Wildman–Crippen LogP) is 3.85. The van der Waals surface area contributed by atoms with Crippen molar-refractivity contribution < 1.29 is 31.1 Å². The van der Waals surface area contributed by atoms with Gasteiger partial charge in [0.1, 0.15) is 16.4 Å². The summed E-state index contributed by atoms with van der Waals surface area (Å²) >= 11 is 5.79. The molecule has 0 spiro atoms. The van der Waals surface area contributed by atoms with Crippen LogP contribution >= 0.6 is 11.6 Å². The summed E-state index contributed by atoms with van der Waals surface area (Å²) in [5, 5.41) is -0.317. The predicted molar refractivity (Wildman–Crippen MR) is 90.0 cm³/mol. The molecule has 0 heterocycles. The van der Waals surface area contributed by atoms with Gasteiger partial charge in [-0.05, 0) is 36.4 Å². The maximum atomic E-state index is 12.8. The molecule has 0 saturated heterocycles. The highest BCUT2D eigenvalue weighted by Crippen LogP contribution is 2.33. The van der Waals surface area contributed by atoms with E-state index in [1.165, 1.54) is 14.2 Å². The summed E-state index contributed by atoms with van der Waals surface area (Å²) in [6, 6.07) is 6.86. The summed E-state index contributed by atoms with van der Waals surface area (Å²) in [6.07, 6.45) is -4.69. The van der Waals surface area contributed by atoms with E-state index in [1.54, 1.807) is 18.2 Å². The SMILES string of the molecule is COc1ccc(OC)c(CNS(=O)(=O)c2cc(C(F)(F)F)ccc2Cl)c1. The number of benzene rings is 2. The molecule has 1 N–H and O–H groups in total. The molecule has 0 aliphatic rings. The fraction of sp³-hybridized carbons (Fsp3) is 0.250. The summed E-state index contributed by atoms with van der Waals surface area (Å²) in [4.78, 5) is -0.657. The van der Waals surface area contributed by atoms with E-state index < -0.39 is 26.7 Å². The van der Waals surface area contributed by atoms with E-state index in [9.17, 15) is 21.6 Å². The Morgan fingerprint density at radius 3 is 2.35 bits per heavy atom. The number of rotatable bonds is 6. The number of nitrogens with one attached hydrogen (secondary N) is 1. The van der Waals surface area contributed by atoms with E-state index in [2.05, 4.69) is 4.72 Å². The first-order chi connectivity index (χ1) is 12.1. The number of sulfonamides is 1. The second kappa shape index (κ2) is 7.73. The number of halogens is 4. The van der Waals surface area contributed by atoms with Gasteiger partial charge in [-0.2, -0.15) is 13.2 Å². The third-order valence-corrected chi connectivity index (χ3v) is 5.37. The molecule has 142 valence electrons. The van der Waals surface area contributed by atoms with Gasteiger partial charge in [0.2, 0.25) is 10.0 Å².